The zero-order valence-electron chi connectivity index (χ0n) is 12.3. The average Bonchev–Trinajstić information content (AvgIpc) is 2.86. The molecular formula is C16H20N2OS. The van der Waals surface area contributed by atoms with Crippen LogP contribution in [0.2, 0.25) is 0 Å². The molecule has 1 aromatic carbocycles. The van der Waals surface area contributed by atoms with Crippen LogP contribution in [0.15, 0.2) is 29.6 Å². The van der Waals surface area contributed by atoms with Crippen molar-refractivity contribution in [1.82, 2.24) is 5.32 Å². The standard InChI is InChI=1S/C16H20N2OS/c1-10-8-9-20-15(10)12(3)18-14-7-5-6-13(11(14)2)16(19)17-4/h5-9,12,18H,1-4H3,(H,17,19). The number of benzene rings is 1. The van der Waals surface area contributed by atoms with Crippen molar-refractivity contribution in [1.29, 1.82) is 0 Å². The fourth-order valence-corrected chi connectivity index (χ4v) is 3.24. The molecule has 0 aliphatic rings. The van der Waals surface area contributed by atoms with E-state index in [-0.39, 0.29) is 11.9 Å². The van der Waals surface area contributed by atoms with Gasteiger partial charge in [0.05, 0.1) is 6.04 Å². The van der Waals surface area contributed by atoms with E-state index in [0.29, 0.717) is 5.56 Å². The largest absolute Gasteiger partial charge is 0.377 e. The Kier molecular flexibility index (Phi) is 4.45. The summed E-state index contributed by atoms with van der Waals surface area (Å²) in [5, 5.41) is 8.29. The lowest BCUT2D eigenvalue weighted by atomic mass is 10.0. The summed E-state index contributed by atoms with van der Waals surface area (Å²) in [6, 6.07) is 8.13. The van der Waals surface area contributed by atoms with Gasteiger partial charge in [-0.05, 0) is 55.5 Å². The van der Waals surface area contributed by atoms with Crippen molar-refractivity contribution in [3.63, 3.8) is 0 Å². The van der Waals surface area contributed by atoms with Crippen LogP contribution in [0.5, 0.6) is 0 Å². The van der Waals surface area contributed by atoms with Gasteiger partial charge in [0.25, 0.3) is 5.91 Å². The van der Waals surface area contributed by atoms with Crippen LogP contribution in [0.1, 0.15) is 39.3 Å². The molecule has 2 aromatic rings. The summed E-state index contributed by atoms with van der Waals surface area (Å²) in [4.78, 5) is 13.1. The van der Waals surface area contributed by atoms with Crippen molar-refractivity contribution in [2.24, 2.45) is 0 Å². The minimum Gasteiger partial charge on any atom is -0.377 e. The zero-order chi connectivity index (χ0) is 14.7. The molecule has 4 heteroatoms. The van der Waals surface area contributed by atoms with Gasteiger partial charge in [0.2, 0.25) is 0 Å². The third-order valence-corrected chi connectivity index (χ3v) is 4.67. The second-order valence-corrected chi connectivity index (χ2v) is 5.84. The number of anilines is 1. The summed E-state index contributed by atoms with van der Waals surface area (Å²) in [5.74, 6) is -0.0499. The van der Waals surface area contributed by atoms with E-state index in [1.54, 1.807) is 18.4 Å². The van der Waals surface area contributed by atoms with E-state index in [1.807, 2.05) is 25.1 Å². The van der Waals surface area contributed by atoms with E-state index in [1.165, 1.54) is 10.4 Å². The van der Waals surface area contributed by atoms with Gasteiger partial charge in [0.15, 0.2) is 0 Å². The number of rotatable bonds is 4. The molecule has 0 bridgehead atoms. The van der Waals surface area contributed by atoms with Crippen molar-refractivity contribution in [3.8, 4) is 0 Å². The number of aryl methyl sites for hydroxylation is 1. The Labute approximate surface area is 124 Å². The minimum atomic E-state index is -0.0499. The van der Waals surface area contributed by atoms with Gasteiger partial charge in [-0.1, -0.05) is 6.07 Å². The van der Waals surface area contributed by atoms with E-state index in [2.05, 4.69) is 35.9 Å². The van der Waals surface area contributed by atoms with Gasteiger partial charge in [-0.2, -0.15) is 0 Å². The second-order valence-electron chi connectivity index (χ2n) is 4.89. The summed E-state index contributed by atoms with van der Waals surface area (Å²) < 4.78 is 0. The fourth-order valence-electron chi connectivity index (χ4n) is 2.30. The van der Waals surface area contributed by atoms with Gasteiger partial charge in [0, 0.05) is 23.2 Å². The Morgan fingerprint density at radius 2 is 2.00 bits per heavy atom. The Morgan fingerprint density at radius 3 is 2.60 bits per heavy atom. The Bertz CT molecular complexity index is 619. The predicted molar refractivity (Wildman–Crippen MR) is 85.7 cm³/mol. The molecule has 1 heterocycles. The van der Waals surface area contributed by atoms with E-state index >= 15 is 0 Å². The van der Waals surface area contributed by atoms with Gasteiger partial charge < -0.3 is 10.6 Å². The van der Waals surface area contributed by atoms with Crippen LogP contribution in [0.3, 0.4) is 0 Å². The zero-order valence-corrected chi connectivity index (χ0v) is 13.1. The maximum atomic E-state index is 11.8. The van der Waals surface area contributed by atoms with Gasteiger partial charge in [-0.15, -0.1) is 11.3 Å². The molecule has 0 aliphatic heterocycles. The number of hydrogen-bond acceptors (Lipinski definition) is 3. The van der Waals surface area contributed by atoms with Crippen LogP contribution in [-0.2, 0) is 0 Å². The average molecular weight is 288 g/mol. The normalized spacial score (nSPS) is 12.0. The number of hydrogen-bond donors (Lipinski definition) is 2. The highest BCUT2D eigenvalue weighted by Gasteiger charge is 2.14. The van der Waals surface area contributed by atoms with Gasteiger partial charge >= 0.3 is 0 Å². The fraction of sp³-hybridized carbons (Fsp3) is 0.312. The van der Waals surface area contributed by atoms with Crippen molar-refractivity contribution in [3.05, 3.63) is 51.2 Å². The van der Waals surface area contributed by atoms with Crippen molar-refractivity contribution in [2.45, 2.75) is 26.8 Å². The first-order chi connectivity index (χ1) is 9.54. The maximum Gasteiger partial charge on any atom is 0.251 e. The van der Waals surface area contributed by atoms with E-state index in [4.69, 9.17) is 0 Å². The van der Waals surface area contributed by atoms with E-state index in [9.17, 15) is 4.79 Å². The molecular weight excluding hydrogens is 268 g/mol. The summed E-state index contributed by atoms with van der Waals surface area (Å²) in [6.07, 6.45) is 0. The molecule has 0 fully saturated rings. The number of nitrogens with one attached hydrogen (secondary N) is 2. The molecule has 2 N–H and O–H groups in total. The predicted octanol–water partition coefficient (Wildman–Crippen LogP) is 3.90. The monoisotopic (exact) mass is 288 g/mol. The molecule has 1 unspecified atom stereocenters. The van der Waals surface area contributed by atoms with Crippen LogP contribution < -0.4 is 10.6 Å². The SMILES string of the molecule is CNC(=O)c1cccc(NC(C)c2sccc2C)c1C. The van der Waals surface area contributed by atoms with Crippen LogP contribution >= 0.6 is 11.3 Å². The molecule has 3 nitrogen and oxygen atoms in total. The van der Waals surface area contributed by atoms with Crippen LogP contribution in [0.25, 0.3) is 0 Å². The minimum absolute atomic E-state index is 0.0499. The number of carbonyl (C=O) groups is 1. The van der Waals surface area contributed by atoms with Gasteiger partial charge in [0.1, 0.15) is 0 Å². The third-order valence-electron chi connectivity index (χ3n) is 3.47. The first-order valence-electron chi connectivity index (χ1n) is 6.66. The lowest BCUT2D eigenvalue weighted by molar-refractivity contribution is 0.0962. The van der Waals surface area contributed by atoms with Gasteiger partial charge in [-0.3, -0.25) is 4.79 Å². The Morgan fingerprint density at radius 1 is 1.25 bits per heavy atom. The highest BCUT2D eigenvalue weighted by Crippen LogP contribution is 2.29. The van der Waals surface area contributed by atoms with Crippen LogP contribution in [-0.4, -0.2) is 13.0 Å². The number of amides is 1. The van der Waals surface area contributed by atoms with Crippen molar-refractivity contribution in [2.75, 3.05) is 12.4 Å². The second kappa shape index (κ2) is 6.09. The third kappa shape index (κ3) is 2.85. The molecule has 0 radical (unpaired) electrons. The summed E-state index contributed by atoms with van der Waals surface area (Å²) in [7, 11) is 1.65. The smallest absolute Gasteiger partial charge is 0.251 e. The number of thiophene rings is 1. The molecule has 0 saturated carbocycles. The Hall–Kier alpha value is -1.81. The van der Waals surface area contributed by atoms with Crippen molar-refractivity contribution >= 4 is 22.9 Å². The van der Waals surface area contributed by atoms with E-state index in [0.717, 1.165) is 11.3 Å². The van der Waals surface area contributed by atoms with Crippen LogP contribution in [0.4, 0.5) is 5.69 Å². The molecule has 2 rings (SSSR count). The molecule has 20 heavy (non-hydrogen) atoms. The first kappa shape index (κ1) is 14.6. The Balaban J connectivity index is 2.26. The van der Waals surface area contributed by atoms with Crippen molar-refractivity contribution < 1.29 is 4.79 Å². The summed E-state index contributed by atoms with van der Waals surface area (Å²) >= 11 is 1.76. The number of carbonyl (C=O) groups excluding carboxylic acids is 1. The molecule has 1 aromatic heterocycles. The molecule has 106 valence electrons. The quantitative estimate of drug-likeness (QED) is 0.896. The summed E-state index contributed by atoms with van der Waals surface area (Å²) in [5.41, 5.74) is 4.00. The molecule has 0 aliphatic carbocycles. The van der Waals surface area contributed by atoms with E-state index < -0.39 is 0 Å². The molecule has 0 saturated heterocycles. The maximum absolute atomic E-state index is 11.8. The highest BCUT2D eigenvalue weighted by molar-refractivity contribution is 7.10. The molecule has 0 spiro atoms. The lowest BCUT2D eigenvalue weighted by Gasteiger charge is -2.18. The molecule has 1 amide bonds. The first-order valence-corrected chi connectivity index (χ1v) is 7.54. The topological polar surface area (TPSA) is 41.1 Å². The van der Waals surface area contributed by atoms with Crippen LogP contribution in [0, 0.1) is 13.8 Å². The highest BCUT2D eigenvalue weighted by atomic mass is 32.1. The summed E-state index contributed by atoms with van der Waals surface area (Å²) in [6.45, 7) is 6.24. The van der Waals surface area contributed by atoms with Gasteiger partial charge in [-0.25, -0.2) is 0 Å². The molecule has 1 atom stereocenters. The lowest BCUT2D eigenvalue weighted by Crippen LogP contribution is -2.19.